The molecule has 0 aliphatic rings. The van der Waals surface area contributed by atoms with Crippen molar-refractivity contribution in [1.29, 1.82) is 0 Å². The highest BCUT2D eigenvalue weighted by atomic mass is 127. The molecule has 2 unspecified atom stereocenters. The van der Waals surface area contributed by atoms with Crippen molar-refractivity contribution in [1.82, 2.24) is 10.6 Å². The largest absolute Gasteiger partial charge is 0.494 e. The molecule has 2 atom stereocenters. The zero-order valence-corrected chi connectivity index (χ0v) is 20.1. The van der Waals surface area contributed by atoms with E-state index in [4.69, 9.17) is 9.47 Å². The minimum absolute atomic E-state index is 0. The summed E-state index contributed by atoms with van der Waals surface area (Å²) in [6, 6.07) is 12.3. The Morgan fingerprint density at radius 3 is 2.63 bits per heavy atom. The first kappa shape index (κ1) is 26.0. The predicted octanol–water partition coefficient (Wildman–Crippen LogP) is 3.82. The lowest BCUT2D eigenvalue weighted by Crippen LogP contribution is -2.39. The van der Waals surface area contributed by atoms with Gasteiger partial charge in [0.1, 0.15) is 18.5 Å². The molecule has 0 radical (unpaired) electrons. The average molecular weight is 531 g/mol. The summed E-state index contributed by atoms with van der Waals surface area (Å²) < 4.78 is 24.5. The number of hydrogen-bond acceptors (Lipinski definition) is 4. The second-order valence-electron chi connectivity index (χ2n) is 6.76. The maximum atomic E-state index is 14.0. The van der Waals surface area contributed by atoms with Crippen molar-refractivity contribution >= 4 is 29.9 Å². The molecule has 0 aliphatic carbocycles. The zero-order valence-electron chi connectivity index (χ0n) is 17.8. The van der Waals surface area contributed by atoms with Gasteiger partial charge < -0.3 is 25.2 Å². The normalized spacial score (nSPS) is 13.1. The molecule has 2 aromatic carbocycles. The molecular weight excluding hydrogens is 500 g/mol. The number of ether oxygens (including phenoxy) is 2. The summed E-state index contributed by atoms with van der Waals surface area (Å²) in [7, 11) is 1.43. The average Bonchev–Trinajstić information content (AvgIpc) is 2.70. The lowest BCUT2D eigenvalue weighted by molar-refractivity contribution is 0.114. The molecule has 2 rings (SSSR count). The van der Waals surface area contributed by atoms with E-state index in [-0.39, 0.29) is 48.9 Å². The predicted molar refractivity (Wildman–Crippen MR) is 129 cm³/mol. The third-order valence-corrected chi connectivity index (χ3v) is 4.27. The topological polar surface area (TPSA) is 75.1 Å². The van der Waals surface area contributed by atoms with Gasteiger partial charge in [-0.15, -0.1) is 24.0 Å². The van der Waals surface area contributed by atoms with E-state index in [1.165, 1.54) is 13.2 Å². The van der Waals surface area contributed by atoms with Crippen LogP contribution in [0.4, 0.5) is 4.39 Å². The first-order chi connectivity index (χ1) is 13.9. The third kappa shape index (κ3) is 8.35. The van der Waals surface area contributed by atoms with E-state index in [0.717, 1.165) is 11.1 Å². The minimum Gasteiger partial charge on any atom is -0.494 e. The van der Waals surface area contributed by atoms with Crippen LogP contribution in [0.5, 0.6) is 11.5 Å². The van der Waals surface area contributed by atoms with Crippen LogP contribution < -0.4 is 20.1 Å². The number of aliphatic hydroxyl groups is 1. The molecule has 166 valence electrons. The number of benzene rings is 2. The highest BCUT2D eigenvalue weighted by molar-refractivity contribution is 14.0. The highest BCUT2D eigenvalue weighted by Gasteiger charge is 2.12. The monoisotopic (exact) mass is 531 g/mol. The van der Waals surface area contributed by atoms with Crippen molar-refractivity contribution in [3.63, 3.8) is 0 Å². The number of nitrogens with one attached hydrogen (secondary N) is 2. The van der Waals surface area contributed by atoms with E-state index in [9.17, 15) is 9.50 Å². The van der Waals surface area contributed by atoms with Crippen LogP contribution in [0, 0.1) is 12.7 Å². The highest BCUT2D eigenvalue weighted by Crippen LogP contribution is 2.21. The van der Waals surface area contributed by atoms with E-state index < -0.39 is 11.9 Å². The maximum absolute atomic E-state index is 14.0. The number of guanidine groups is 1. The van der Waals surface area contributed by atoms with Gasteiger partial charge in [-0.1, -0.05) is 18.2 Å². The van der Waals surface area contributed by atoms with Crippen molar-refractivity contribution in [2.75, 3.05) is 26.8 Å². The maximum Gasteiger partial charge on any atom is 0.191 e. The number of aliphatic hydroxyl groups excluding tert-OH is 1. The van der Waals surface area contributed by atoms with Gasteiger partial charge in [0.05, 0.1) is 19.7 Å². The lowest BCUT2D eigenvalue weighted by atomic mass is 10.1. The quantitative estimate of drug-likeness (QED) is 0.261. The fraction of sp³-hybridized carbons (Fsp3) is 0.409. The molecule has 3 N–H and O–H groups in total. The molecule has 0 fully saturated rings. The van der Waals surface area contributed by atoms with Crippen molar-refractivity contribution < 1.29 is 19.0 Å². The van der Waals surface area contributed by atoms with Gasteiger partial charge in [0.25, 0.3) is 0 Å². The Morgan fingerprint density at radius 2 is 2.00 bits per heavy atom. The summed E-state index contributed by atoms with van der Waals surface area (Å²) in [6.45, 7) is 6.82. The summed E-state index contributed by atoms with van der Waals surface area (Å²) in [6.07, 6.45) is -0.750. The number of aryl methyl sites for hydroxylation is 1. The van der Waals surface area contributed by atoms with E-state index in [1.807, 2.05) is 45.0 Å². The van der Waals surface area contributed by atoms with Crippen LogP contribution >= 0.6 is 24.0 Å². The van der Waals surface area contributed by atoms with Crippen LogP contribution in [0.3, 0.4) is 0 Å². The molecule has 0 bridgehead atoms. The summed E-state index contributed by atoms with van der Waals surface area (Å²) in [4.78, 5) is 4.41. The van der Waals surface area contributed by atoms with Gasteiger partial charge in [-0.25, -0.2) is 4.39 Å². The molecular formula is C22H31FIN3O3. The smallest absolute Gasteiger partial charge is 0.191 e. The number of halogens is 2. The fourth-order valence-electron chi connectivity index (χ4n) is 2.71. The fourth-order valence-corrected chi connectivity index (χ4v) is 2.71. The first-order valence-electron chi connectivity index (χ1n) is 9.68. The van der Waals surface area contributed by atoms with Crippen LogP contribution in [0.1, 0.15) is 31.0 Å². The molecule has 0 spiro atoms. The van der Waals surface area contributed by atoms with E-state index >= 15 is 0 Å². The van der Waals surface area contributed by atoms with Gasteiger partial charge in [0, 0.05) is 6.54 Å². The summed E-state index contributed by atoms with van der Waals surface area (Å²) in [5, 5.41) is 16.5. The molecule has 0 saturated carbocycles. The van der Waals surface area contributed by atoms with Crippen molar-refractivity contribution in [3.05, 3.63) is 59.4 Å². The molecule has 30 heavy (non-hydrogen) atoms. The Labute approximate surface area is 194 Å². The van der Waals surface area contributed by atoms with Crippen molar-refractivity contribution in [2.24, 2.45) is 4.99 Å². The van der Waals surface area contributed by atoms with Crippen molar-refractivity contribution in [3.8, 4) is 11.5 Å². The Bertz CT molecular complexity index is 820. The molecule has 0 amide bonds. The standard InChI is InChI=1S/C22H30FN3O3.HI/c1-5-24-22(26-16(3)17-9-10-21(28-4)20(23)12-17)25-13-18(27)14-29-19-8-6-7-15(2)11-19;/h6-12,16,18,27H,5,13-14H2,1-4H3,(H2,24,25,26);1H. The third-order valence-electron chi connectivity index (χ3n) is 4.27. The number of aliphatic imine (C=N–C) groups is 1. The SMILES string of the molecule is CCNC(=NCC(O)COc1cccc(C)c1)NC(C)c1ccc(OC)c(F)c1.I. The Hall–Kier alpha value is -2.07. The van der Waals surface area contributed by atoms with E-state index in [0.29, 0.717) is 18.3 Å². The van der Waals surface area contributed by atoms with Crippen LogP contribution in [-0.2, 0) is 0 Å². The van der Waals surface area contributed by atoms with E-state index in [1.54, 1.807) is 12.1 Å². The lowest BCUT2D eigenvalue weighted by Gasteiger charge is -2.19. The Morgan fingerprint density at radius 1 is 1.23 bits per heavy atom. The summed E-state index contributed by atoms with van der Waals surface area (Å²) >= 11 is 0. The van der Waals surface area contributed by atoms with Gasteiger partial charge >= 0.3 is 0 Å². The molecule has 6 nitrogen and oxygen atoms in total. The first-order valence-corrected chi connectivity index (χ1v) is 9.68. The Kier molecular flexibility index (Phi) is 11.5. The molecule has 0 saturated heterocycles. The zero-order chi connectivity index (χ0) is 21.2. The van der Waals surface area contributed by atoms with Crippen molar-refractivity contribution in [2.45, 2.75) is 32.9 Å². The number of rotatable bonds is 9. The molecule has 0 aromatic heterocycles. The molecule has 2 aromatic rings. The van der Waals surface area contributed by atoms with Gasteiger partial charge in [-0.3, -0.25) is 4.99 Å². The number of nitrogens with zero attached hydrogens (tertiary/aromatic N) is 1. The number of methoxy groups -OCH3 is 1. The van der Waals surface area contributed by atoms with Crippen LogP contribution in [0.2, 0.25) is 0 Å². The van der Waals surface area contributed by atoms with Gasteiger partial charge in [0.15, 0.2) is 17.5 Å². The second-order valence-corrected chi connectivity index (χ2v) is 6.76. The Balaban J connectivity index is 0.00000450. The second kappa shape index (κ2) is 13.3. The molecule has 0 heterocycles. The van der Waals surface area contributed by atoms with Gasteiger partial charge in [-0.05, 0) is 56.2 Å². The molecule has 8 heteroatoms. The minimum atomic E-state index is -0.750. The summed E-state index contributed by atoms with van der Waals surface area (Å²) in [5.41, 5.74) is 1.86. The van der Waals surface area contributed by atoms with Crippen LogP contribution in [-0.4, -0.2) is 44.0 Å². The number of hydrogen-bond donors (Lipinski definition) is 3. The molecule has 0 aliphatic heterocycles. The van der Waals surface area contributed by atoms with Gasteiger partial charge in [0.2, 0.25) is 0 Å². The summed E-state index contributed by atoms with van der Waals surface area (Å²) in [5.74, 6) is 1.04. The van der Waals surface area contributed by atoms with Crippen LogP contribution in [0.25, 0.3) is 0 Å². The van der Waals surface area contributed by atoms with Gasteiger partial charge in [-0.2, -0.15) is 0 Å². The van der Waals surface area contributed by atoms with Crippen LogP contribution in [0.15, 0.2) is 47.5 Å². The van der Waals surface area contributed by atoms with E-state index in [2.05, 4.69) is 15.6 Å².